The number of hydrogen-bond acceptors (Lipinski definition) is 1. The summed E-state index contributed by atoms with van der Waals surface area (Å²) in [6, 6.07) is 13.6. The Morgan fingerprint density at radius 1 is 1.06 bits per heavy atom. The molecular weight excluding hydrogens is 300 g/mol. The van der Waals surface area contributed by atoms with Crippen molar-refractivity contribution in [3.63, 3.8) is 0 Å². The van der Waals surface area contributed by atoms with Gasteiger partial charge in [0, 0.05) is 21.1 Å². The van der Waals surface area contributed by atoms with Gasteiger partial charge in [-0.15, -0.1) is 0 Å². The number of benzene rings is 2. The van der Waals surface area contributed by atoms with Crippen molar-refractivity contribution in [1.29, 1.82) is 0 Å². The molecule has 0 atom stereocenters. The summed E-state index contributed by atoms with van der Waals surface area (Å²) < 4.78 is 2.91. The third-order valence-corrected chi connectivity index (χ3v) is 3.30. The average Bonchev–Trinajstić information content (AvgIpc) is 2.72. The molecule has 2 nitrogen and oxygen atoms in total. The minimum Gasteiger partial charge on any atom is -0.240 e. The van der Waals surface area contributed by atoms with E-state index in [1.54, 1.807) is 0 Å². The first-order valence-corrected chi connectivity index (χ1v) is 6.30. The zero-order chi connectivity index (χ0) is 11.8. The maximum absolute atomic E-state index is 5.86. The highest BCUT2D eigenvalue weighted by atomic mass is 79.9. The summed E-state index contributed by atoms with van der Waals surface area (Å²) >= 11 is 9.32. The number of rotatable bonds is 1. The molecule has 0 radical (unpaired) electrons. The average molecular weight is 308 g/mol. The van der Waals surface area contributed by atoms with Crippen molar-refractivity contribution in [3.05, 3.63) is 58.2 Å². The molecule has 17 heavy (non-hydrogen) atoms. The van der Waals surface area contributed by atoms with Crippen molar-refractivity contribution in [2.24, 2.45) is 0 Å². The quantitative estimate of drug-likeness (QED) is 0.650. The lowest BCUT2D eigenvalue weighted by atomic mass is 10.3. The van der Waals surface area contributed by atoms with Gasteiger partial charge >= 0.3 is 0 Å². The topological polar surface area (TPSA) is 17.8 Å². The molecule has 0 fully saturated rings. The Morgan fingerprint density at radius 2 is 1.82 bits per heavy atom. The second-order valence-electron chi connectivity index (χ2n) is 3.75. The Labute approximate surface area is 112 Å². The zero-order valence-electron chi connectivity index (χ0n) is 8.77. The van der Waals surface area contributed by atoms with E-state index in [0.717, 1.165) is 26.1 Å². The Kier molecular flexibility index (Phi) is 2.65. The lowest BCUT2D eigenvalue weighted by Gasteiger charge is -1.99. The van der Waals surface area contributed by atoms with Crippen molar-refractivity contribution in [2.75, 3.05) is 0 Å². The first-order chi connectivity index (χ1) is 8.22. The molecule has 2 aromatic carbocycles. The SMILES string of the molecule is Clc1ccc(-n2cc3cc(Br)ccc3n2)cc1. The maximum Gasteiger partial charge on any atom is 0.0928 e. The van der Waals surface area contributed by atoms with Gasteiger partial charge in [-0.25, -0.2) is 4.68 Å². The summed E-state index contributed by atoms with van der Waals surface area (Å²) in [7, 11) is 0. The highest BCUT2D eigenvalue weighted by Crippen LogP contribution is 2.21. The van der Waals surface area contributed by atoms with Crippen molar-refractivity contribution in [1.82, 2.24) is 9.78 Å². The van der Waals surface area contributed by atoms with Crippen LogP contribution in [0, 0.1) is 0 Å². The third kappa shape index (κ3) is 2.08. The molecule has 0 unspecified atom stereocenters. The highest BCUT2D eigenvalue weighted by Gasteiger charge is 2.02. The predicted octanol–water partition coefficient (Wildman–Crippen LogP) is 4.44. The van der Waals surface area contributed by atoms with Gasteiger partial charge in [0.2, 0.25) is 0 Å². The van der Waals surface area contributed by atoms with Crippen LogP contribution in [0.2, 0.25) is 5.02 Å². The van der Waals surface area contributed by atoms with E-state index < -0.39 is 0 Å². The molecule has 0 aliphatic carbocycles. The molecule has 0 aliphatic heterocycles. The van der Waals surface area contributed by atoms with Gasteiger partial charge in [-0.2, -0.15) is 5.10 Å². The minimum atomic E-state index is 0.730. The fourth-order valence-corrected chi connectivity index (χ4v) is 2.23. The van der Waals surface area contributed by atoms with E-state index in [2.05, 4.69) is 27.1 Å². The van der Waals surface area contributed by atoms with Gasteiger partial charge in [0.25, 0.3) is 0 Å². The lowest BCUT2D eigenvalue weighted by Crippen LogP contribution is -1.92. The first-order valence-electron chi connectivity index (χ1n) is 5.13. The number of fused-ring (bicyclic) bond motifs is 1. The van der Waals surface area contributed by atoms with E-state index in [-0.39, 0.29) is 0 Å². The molecule has 1 aromatic heterocycles. The smallest absolute Gasteiger partial charge is 0.0928 e. The van der Waals surface area contributed by atoms with Crippen LogP contribution >= 0.6 is 27.5 Å². The summed E-state index contributed by atoms with van der Waals surface area (Å²) in [5.74, 6) is 0. The van der Waals surface area contributed by atoms with Gasteiger partial charge in [0.05, 0.1) is 11.2 Å². The van der Waals surface area contributed by atoms with Crippen molar-refractivity contribution < 1.29 is 0 Å². The highest BCUT2D eigenvalue weighted by molar-refractivity contribution is 9.10. The van der Waals surface area contributed by atoms with E-state index in [0.29, 0.717) is 0 Å². The van der Waals surface area contributed by atoms with Gasteiger partial charge in [0.1, 0.15) is 0 Å². The molecule has 0 aliphatic rings. The Hall–Kier alpha value is -1.32. The molecule has 0 saturated carbocycles. The molecule has 3 aromatic rings. The monoisotopic (exact) mass is 306 g/mol. The summed E-state index contributed by atoms with van der Waals surface area (Å²) in [5.41, 5.74) is 1.98. The zero-order valence-corrected chi connectivity index (χ0v) is 11.1. The van der Waals surface area contributed by atoms with Crippen LogP contribution in [0.1, 0.15) is 0 Å². The largest absolute Gasteiger partial charge is 0.240 e. The van der Waals surface area contributed by atoms with E-state index in [1.165, 1.54) is 0 Å². The van der Waals surface area contributed by atoms with Gasteiger partial charge in [-0.05, 0) is 42.5 Å². The number of aromatic nitrogens is 2. The predicted molar refractivity (Wildman–Crippen MR) is 73.8 cm³/mol. The van der Waals surface area contributed by atoms with Gasteiger partial charge in [-0.3, -0.25) is 0 Å². The van der Waals surface area contributed by atoms with E-state index in [9.17, 15) is 0 Å². The molecule has 0 saturated heterocycles. The second kappa shape index (κ2) is 4.17. The standard InChI is InChI=1S/C13H8BrClN2/c14-10-1-6-13-9(7-10)8-17(16-13)12-4-2-11(15)3-5-12/h1-8H. The normalized spacial score (nSPS) is 10.9. The fraction of sp³-hybridized carbons (Fsp3) is 0. The van der Waals surface area contributed by atoms with Crippen molar-refractivity contribution >= 4 is 38.4 Å². The molecule has 0 N–H and O–H groups in total. The van der Waals surface area contributed by atoms with E-state index >= 15 is 0 Å². The number of halogens is 2. The second-order valence-corrected chi connectivity index (χ2v) is 5.11. The summed E-state index contributed by atoms with van der Waals surface area (Å²) in [4.78, 5) is 0. The molecular formula is C13H8BrClN2. The fourth-order valence-electron chi connectivity index (χ4n) is 1.72. The lowest BCUT2D eigenvalue weighted by molar-refractivity contribution is 0.896. The molecule has 1 heterocycles. The molecule has 4 heteroatoms. The van der Waals surface area contributed by atoms with E-state index in [4.69, 9.17) is 11.6 Å². The van der Waals surface area contributed by atoms with Gasteiger partial charge in [-0.1, -0.05) is 27.5 Å². The van der Waals surface area contributed by atoms with Crippen LogP contribution in [0.4, 0.5) is 0 Å². The van der Waals surface area contributed by atoms with Crippen LogP contribution in [0.5, 0.6) is 0 Å². The van der Waals surface area contributed by atoms with Crippen LogP contribution < -0.4 is 0 Å². The summed E-state index contributed by atoms with van der Waals surface area (Å²) in [6.07, 6.45) is 2.00. The van der Waals surface area contributed by atoms with Gasteiger partial charge in [0.15, 0.2) is 0 Å². The Bertz CT molecular complexity index is 673. The van der Waals surface area contributed by atoms with Crippen LogP contribution in [0.15, 0.2) is 53.1 Å². The van der Waals surface area contributed by atoms with Crippen molar-refractivity contribution in [3.8, 4) is 5.69 Å². The molecule has 0 amide bonds. The summed E-state index contributed by atoms with van der Waals surface area (Å²) in [6.45, 7) is 0. The van der Waals surface area contributed by atoms with Crippen LogP contribution in [0.25, 0.3) is 16.6 Å². The van der Waals surface area contributed by atoms with Crippen molar-refractivity contribution in [2.45, 2.75) is 0 Å². The first kappa shape index (κ1) is 10.8. The Balaban J connectivity index is 2.14. The van der Waals surface area contributed by atoms with E-state index in [1.807, 2.05) is 47.3 Å². The van der Waals surface area contributed by atoms with Crippen LogP contribution in [0.3, 0.4) is 0 Å². The molecule has 0 bridgehead atoms. The summed E-state index contributed by atoms with van der Waals surface area (Å²) in [5, 5.41) is 6.34. The maximum atomic E-state index is 5.86. The molecule has 84 valence electrons. The van der Waals surface area contributed by atoms with Crippen LogP contribution in [-0.4, -0.2) is 9.78 Å². The molecule has 3 rings (SSSR count). The number of hydrogen-bond donors (Lipinski definition) is 0. The minimum absolute atomic E-state index is 0.730. The Morgan fingerprint density at radius 3 is 2.59 bits per heavy atom. The van der Waals surface area contributed by atoms with Crippen LogP contribution in [-0.2, 0) is 0 Å². The number of nitrogens with zero attached hydrogens (tertiary/aromatic N) is 2. The molecule has 0 spiro atoms. The third-order valence-electron chi connectivity index (χ3n) is 2.56. The van der Waals surface area contributed by atoms with Gasteiger partial charge < -0.3 is 0 Å².